The van der Waals surface area contributed by atoms with Crippen molar-refractivity contribution in [2.24, 2.45) is 0 Å². The summed E-state index contributed by atoms with van der Waals surface area (Å²) in [6.07, 6.45) is 1.97. The van der Waals surface area contributed by atoms with Crippen LogP contribution in [-0.4, -0.2) is 47.6 Å². The number of carbonyl (C=O) groups is 2. The second-order valence-corrected chi connectivity index (χ2v) is 7.63. The number of para-hydroxylation sites is 1. The molecule has 0 aliphatic carbocycles. The normalized spacial score (nSPS) is 18.8. The molecule has 0 spiro atoms. The first-order chi connectivity index (χ1) is 13.2. The summed E-state index contributed by atoms with van der Waals surface area (Å²) in [4.78, 5) is 31.9. The molecular weight excluding hydrogens is 366 g/mol. The second-order valence-electron chi connectivity index (χ2n) is 6.55. The fourth-order valence-corrected chi connectivity index (χ4v) is 4.21. The Balaban J connectivity index is 1.33. The SMILES string of the molecule is O=C(Nc1nc2c(s1)CN(C(=O)COc1ccccc1)CC2)C1CCCO1. The van der Waals surface area contributed by atoms with Crippen molar-refractivity contribution in [2.75, 3.05) is 25.1 Å². The Hall–Kier alpha value is -2.45. The van der Waals surface area contributed by atoms with Crippen molar-refractivity contribution in [3.8, 4) is 5.75 Å². The topological polar surface area (TPSA) is 80.8 Å². The molecule has 0 bridgehead atoms. The number of nitrogens with one attached hydrogen (secondary N) is 1. The van der Waals surface area contributed by atoms with Gasteiger partial charge >= 0.3 is 0 Å². The zero-order valence-corrected chi connectivity index (χ0v) is 15.7. The van der Waals surface area contributed by atoms with Gasteiger partial charge in [-0.1, -0.05) is 29.5 Å². The summed E-state index contributed by atoms with van der Waals surface area (Å²) >= 11 is 1.42. The van der Waals surface area contributed by atoms with E-state index in [1.807, 2.05) is 30.3 Å². The smallest absolute Gasteiger partial charge is 0.260 e. The van der Waals surface area contributed by atoms with Crippen LogP contribution in [0.1, 0.15) is 23.4 Å². The fraction of sp³-hybridized carbons (Fsp3) is 0.421. The maximum atomic E-state index is 12.4. The Morgan fingerprint density at radius 3 is 2.96 bits per heavy atom. The predicted molar refractivity (Wildman–Crippen MR) is 101 cm³/mol. The van der Waals surface area contributed by atoms with E-state index in [1.165, 1.54) is 11.3 Å². The largest absolute Gasteiger partial charge is 0.484 e. The molecule has 4 rings (SSSR count). The van der Waals surface area contributed by atoms with Gasteiger partial charge in [-0.3, -0.25) is 14.9 Å². The van der Waals surface area contributed by atoms with E-state index in [-0.39, 0.29) is 24.5 Å². The zero-order chi connectivity index (χ0) is 18.6. The molecule has 8 heteroatoms. The van der Waals surface area contributed by atoms with Gasteiger partial charge in [-0.2, -0.15) is 0 Å². The van der Waals surface area contributed by atoms with Crippen LogP contribution in [0.15, 0.2) is 30.3 Å². The highest BCUT2D eigenvalue weighted by molar-refractivity contribution is 7.15. The minimum absolute atomic E-state index is 0.0146. The van der Waals surface area contributed by atoms with Crippen LogP contribution in [0.5, 0.6) is 5.75 Å². The van der Waals surface area contributed by atoms with Gasteiger partial charge in [0.2, 0.25) is 0 Å². The van der Waals surface area contributed by atoms with E-state index in [2.05, 4.69) is 10.3 Å². The summed E-state index contributed by atoms with van der Waals surface area (Å²) in [5.74, 6) is 0.492. The number of fused-ring (bicyclic) bond motifs is 1. The van der Waals surface area contributed by atoms with Gasteiger partial charge in [-0.05, 0) is 25.0 Å². The molecule has 1 aromatic carbocycles. The molecule has 142 valence electrons. The molecule has 2 aliphatic rings. The van der Waals surface area contributed by atoms with Crippen LogP contribution in [-0.2, 0) is 27.3 Å². The number of amides is 2. The summed E-state index contributed by atoms with van der Waals surface area (Å²) in [5, 5.41) is 3.43. The number of ether oxygens (including phenoxy) is 2. The summed E-state index contributed by atoms with van der Waals surface area (Å²) in [7, 11) is 0. The minimum Gasteiger partial charge on any atom is -0.484 e. The standard InChI is InChI=1S/C19H21N3O4S/c23-17(12-26-13-5-2-1-3-6-13)22-9-8-14-16(11-22)27-19(20-14)21-18(24)15-7-4-10-25-15/h1-3,5-6,15H,4,7-12H2,(H,20,21,24). The molecule has 1 unspecified atom stereocenters. The third-order valence-electron chi connectivity index (χ3n) is 4.64. The molecule has 2 aliphatic heterocycles. The lowest BCUT2D eigenvalue weighted by Crippen LogP contribution is -2.38. The van der Waals surface area contributed by atoms with Gasteiger partial charge in [0, 0.05) is 24.4 Å². The van der Waals surface area contributed by atoms with Crippen LogP contribution in [0.3, 0.4) is 0 Å². The first-order valence-electron chi connectivity index (χ1n) is 9.06. The molecule has 1 N–H and O–H groups in total. The third kappa shape index (κ3) is 4.28. The van der Waals surface area contributed by atoms with E-state index in [0.29, 0.717) is 37.0 Å². The highest BCUT2D eigenvalue weighted by Crippen LogP contribution is 2.29. The first-order valence-corrected chi connectivity index (χ1v) is 9.87. The molecule has 7 nitrogen and oxygen atoms in total. The molecule has 0 saturated carbocycles. The Bertz CT molecular complexity index is 818. The van der Waals surface area contributed by atoms with Gasteiger partial charge in [0.25, 0.3) is 11.8 Å². The summed E-state index contributed by atoms with van der Waals surface area (Å²) in [5.41, 5.74) is 0.954. The zero-order valence-electron chi connectivity index (χ0n) is 14.8. The Kier molecular flexibility index (Phi) is 5.35. The van der Waals surface area contributed by atoms with Crippen molar-refractivity contribution in [1.29, 1.82) is 0 Å². The van der Waals surface area contributed by atoms with E-state index in [4.69, 9.17) is 9.47 Å². The van der Waals surface area contributed by atoms with Crippen molar-refractivity contribution in [2.45, 2.75) is 31.9 Å². The highest BCUT2D eigenvalue weighted by atomic mass is 32.1. The molecule has 2 amide bonds. The summed E-state index contributed by atoms with van der Waals surface area (Å²) in [6.45, 7) is 1.75. The van der Waals surface area contributed by atoms with Gasteiger partial charge in [0.05, 0.1) is 12.2 Å². The number of thiazole rings is 1. The number of carbonyl (C=O) groups excluding carboxylic acids is 2. The van der Waals surface area contributed by atoms with Crippen LogP contribution in [0.2, 0.25) is 0 Å². The number of hydrogen-bond donors (Lipinski definition) is 1. The maximum absolute atomic E-state index is 12.4. The summed E-state index contributed by atoms with van der Waals surface area (Å²) in [6, 6.07) is 9.30. The summed E-state index contributed by atoms with van der Waals surface area (Å²) < 4.78 is 10.9. The van der Waals surface area contributed by atoms with Crippen LogP contribution in [0, 0.1) is 0 Å². The molecule has 1 saturated heterocycles. The van der Waals surface area contributed by atoms with Crippen LogP contribution in [0.25, 0.3) is 0 Å². The van der Waals surface area contributed by atoms with Gasteiger partial charge < -0.3 is 14.4 Å². The molecule has 1 aromatic heterocycles. The maximum Gasteiger partial charge on any atom is 0.260 e. The lowest BCUT2D eigenvalue weighted by Gasteiger charge is -2.26. The lowest BCUT2D eigenvalue weighted by atomic mass is 10.2. The van der Waals surface area contributed by atoms with Crippen molar-refractivity contribution >= 4 is 28.3 Å². The Labute approximate surface area is 161 Å². The van der Waals surface area contributed by atoms with Crippen molar-refractivity contribution in [3.63, 3.8) is 0 Å². The lowest BCUT2D eigenvalue weighted by molar-refractivity contribution is -0.134. The van der Waals surface area contributed by atoms with Crippen LogP contribution < -0.4 is 10.1 Å². The third-order valence-corrected chi connectivity index (χ3v) is 5.64. The van der Waals surface area contributed by atoms with Gasteiger partial charge in [0.1, 0.15) is 11.9 Å². The van der Waals surface area contributed by atoms with Crippen molar-refractivity contribution in [1.82, 2.24) is 9.88 Å². The van der Waals surface area contributed by atoms with E-state index >= 15 is 0 Å². The minimum atomic E-state index is -0.376. The monoisotopic (exact) mass is 387 g/mol. The average Bonchev–Trinajstić information content (AvgIpc) is 3.35. The molecule has 3 heterocycles. The first kappa shape index (κ1) is 17.9. The van der Waals surface area contributed by atoms with Gasteiger partial charge in [-0.25, -0.2) is 4.98 Å². The Morgan fingerprint density at radius 2 is 2.19 bits per heavy atom. The number of aromatic nitrogens is 1. The van der Waals surface area contributed by atoms with E-state index < -0.39 is 0 Å². The van der Waals surface area contributed by atoms with E-state index in [9.17, 15) is 9.59 Å². The average molecular weight is 387 g/mol. The molecule has 0 radical (unpaired) electrons. The fourth-order valence-electron chi connectivity index (χ4n) is 3.19. The molecular formula is C19H21N3O4S. The van der Waals surface area contributed by atoms with Crippen molar-refractivity contribution in [3.05, 3.63) is 40.9 Å². The van der Waals surface area contributed by atoms with Gasteiger partial charge in [-0.15, -0.1) is 0 Å². The number of hydrogen-bond acceptors (Lipinski definition) is 6. The quantitative estimate of drug-likeness (QED) is 0.851. The number of rotatable bonds is 5. The second kappa shape index (κ2) is 8.06. The molecule has 1 fully saturated rings. The molecule has 27 heavy (non-hydrogen) atoms. The molecule has 1 atom stereocenters. The van der Waals surface area contributed by atoms with Gasteiger partial charge in [0.15, 0.2) is 11.7 Å². The van der Waals surface area contributed by atoms with E-state index in [0.717, 1.165) is 23.4 Å². The highest BCUT2D eigenvalue weighted by Gasteiger charge is 2.27. The Morgan fingerprint density at radius 1 is 1.33 bits per heavy atom. The van der Waals surface area contributed by atoms with Crippen molar-refractivity contribution < 1.29 is 19.1 Å². The number of anilines is 1. The van der Waals surface area contributed by atoms with E-state index in [1.54, 1.807) is 4.90 Å². The van der Waals surface area contributed by atoms with Crippen LogP contribution in [0.4, 0.5) is 5.13 Å². The number of benzene rings is 1. The van der Waals surface area contributed by atoms with Crippen LogP contribution >= 0.6 is 11.3 Å². The predicted octanol–water partition coefficient (Wildman–Crippen LogP) is 2.22. The number of nitrogens with zero attached hydrogens (tertiary/aromatic N) is 2. The molecule has 2 aromatic rings.